The van der Waals surface area contributed by atoms with Crippen LogP contribution in [0, 0.1) is 0 Å². The number of anilines is 1. The van der Waals surface area contributed by atoms with Crippen molar-refractivity contribution in [2.24, 2.45) is 4.99 Å². The monoisotopic (exact) mass is 426 g/mol. The lowest BCUT2D eigenvalue weighted by atomic mass is 10.1. The first kappa shape index (κ1) is 21.6. The van der Waals surface area contributed by atoms with Crippen molar-refractivity contribution in [3.63, 3.8) is 0 Å². The van der Waals surface area contributed by atoms with Crippen molar-refractivity contribution in [3.8, 4) is 11.5 Å². The molecule has 1 heterocycles. The average Bonchev–Trinajstić information content (AvgIpc) is 3.08. The Morgan fingerprint density at radius 1 is 1.17 bits per heavy atom. The summed E-state index contributed by atoms with van der Waals surface area (Å²) in [6.07, 6.45) is -0.0189. The molecule has 7 nitrogen and oxygen atoms in total. The number of carbonyl (C=O) groups is 3. The Morgan fingerprint density at radius 3 is 2.67 bits per heavy atom. The van der Waals surface area contributed by atoms with Gasteiger partial charge in [0.15, 0.2) is 17.3 Å². The minimum absolute atomic E-state index is 0.0189. The van der Waals surface area contributed by atoms with Gasteiger partial charge in [-0.15, -0.1) is 0 Å². The number of carbonyl (C=O) groups excluding carboxylic acids is 3. The van der Waals surface area contributed by atoms with Gasteiger partial charge in [0, 0.05) is 23.2 Å². The van der Waals surface area contributed by atoms with Gasteiger partial charge in [-0.1, -0.05) is 23.9 Å². The van der Waals surface area contributed by atoms with Gasteiger partial charge in [-0.2, -0.15) is 0 Å². The summed E-state index contributed by atoms with van der Waals surface area (Å²) in [7, 11) is 1.55. The molecule has 0 spiro atoms. The second-order valence-electron chi connectivity index (χ2n) is 6.55. The number of thioether (sulfide) groups is 1. The fraction of sp³-hybridized carbons (Fsp3) is 0.273. The fourth-order valence-electron chi connectivity index (χ4n) is 2.92. The summed E-state index contributed by atoms with van der Waals surface area (Å²) in [5.41, 5.74) is 1.75. The normalized spacial score (nSPS) is 15.5. The van der Waals surface area contributed by atoms with E-state index in [4.69, 9.17) is 9.47 Å². The number of ether oxygens (including phenoxy) is 2. The Labute approximate surface area is 178 Å². The van der Waals surface area contributed by atoms with Crippen molar-refractivity contribution in [3.05, 3.63) is 53.6 Å². The van der Waals surface area contributed by atoms with Crippen LogP contribution in [0.25, 0.3) is 0 Å². The lowest BCUT2D eigenvalue weighted by Gasteiger charge is -2.11. The van der Waals surface area contributed by atoms with Gasteiger partial charge >= 0.3 is 0 Å². The quantitative estimate of drug-likeness (QED) is 0.647. The minimum atomic E-state index is -0.603. The predicted molar refractivity (Wildman–Crippen MR) is 117 cm³/mol. The van der Waals surface area contributed by atoms with Gasteiger partial charge in [0.05, 0.1) is 13.7 Å². The van der Waals surface area contributed by atoms with Gasteiger partial charge in [0.1, 0.15) is 10.3 Å². The standard InChI is InChI=1S/C22H22N2O5S/c1-4-29-17-9-8-15(11-18(17)28-3)22-24-21(27)19(30-22)12-20(26)23-16-7-5-6-14(10-16)13(2)25/h5-11,19H,4,12H2,1-3H3,(H,23,26). The maximum absolute atomic E-state index is 12.4. The first-order valence-corrected chi connectivity index (χ1v) is 10.3. The van der Waals surface area contributed by atoms with Crippen molar-refractivity contribution in [1.29, 1.82) is 0 Å². The largest absolute Gasteiger partial charge is 0.493 e. The van der Waals surface area contributed by atoms with E-state index in [1.807, 2.05) is 13.0 Å². The number of aliphatic imine (C=N–C) groups is 1. The van der Waals surface area contributed by atoms with E-state index in [0.717, 1.165) is 5.56 Å². The summed E-state index contributed by atoms with van der Waals surface area (Å²) in [6.45, 7) is 3.86. The van der Waals surface area contributed by atoms with E-state index >= 15 is 0 Å². The molecule has 1 N–H and O–H groups in total. The van der Waals surface area contributed by atoms with E-state index in [0.29, 0.717) is 34.4 Å². The van der Waals surface area contributed by atoms with Gasteiger partial charge in [-0.05, 0) is 44.2 Å². The molecule has 0 aliphatic carbocycles. The van der Waals surface area contributed by atoms with Gasteiger partial charge in [-0.3, -0.25) is 14.4 Å². The zero-order valence-electron chi connectivity index (χ0n) is 16.9. The van der Waals surface area contributed by atoms with Crippen LogP contribution in [0.1, 0.15) is 36.2 Å². The number of ketones is 1. The van der Waals surface area contributed by atoms with E-state index in [1.54, 1.807) is 43.5 Å². The van der Waals surface area contributed by atoms with Crippen LogP contribution in [0.2, 0.25) is 0 Å². The predicted octanol–water partition coefficient (Wildman–Crippen LogP) is 3.71. The number of nitrogens with one attached hydrogen (secondary N) is 1. The first-order valence-electron chi connectivity index (χ1n) is 9.42. The van der Waals surface area contributed by atoms with E-state index in [1.165, 1.54) is 18.7 Å². The van der Waals surface area contributed by atoms with Crippen LogP contribution in [0.3, 0.4) is 0 Å². The van der Waals surface area contributed by atoms with Crippen LogP contribution in [-0.4, -0.2) is 41.6 Å². The fourth-order valence-corrected chi connectivity index (χ4v) is 3.98. The van der Waals surface area contributed by atoms with Crippen molar-refractivity contribution in [1.82, 2.24) is 0 Å². The summed E-state index contributed by atoms with van der Waals surface area (Å²) in [6, 6.07) is 12.0. The Hall–Kier alpha value is -3.13. The van der Waals surface area contributed by atoms with Crippen molar-refractivity contribution in [2.75, 3.05) is 19.0 Å². The molecular weight excluding hydrogens is 404 g/mol. The van der Waals surface area contributed by atoms with Crippen molar-refractivity contribution < 1.29 is 23.9 Å². The SMILES string of the molecule is CCOc1ccc(C2=NC(=O)C(CC(=O)Nc3cccc(C(C)=O)c3)S2)cc1OC. The second-order valence-corrected chi connectivity index (χ2v) is 7.74. The summed E-state index contributed by atoms with van der Waals surface area (Å²) in [4.78, 5) is 40.3. The molecule has 0 saturated carbocycles. The van der Waals surface area contributed by atoms with Crippen LogP contribution >= 0.6 is 11.8 Å². The molecule has 8 heteroatoms. The number of hydrogen-bond acceptors (Lipinski definition) is 6. The van der Waals surface area contributed by atoms with Gasteiger partial charge < -0.3 is 14.8 Å². The van der Waals surface area contributed by atoms with Crippen LogP contribution in [0.5, 0.6) is 11.5 Å². The number of amides is 2. The third kappa shape index (κ3) is 5.07. The highest BCUT2D eigenvalue weighted by molar-refractivity contribution is 8.16. The molecule has 156 valence electrons. The number of nitrogens with zero attached hydrogens (tertiary/aromatic N) is 1. The van der Waals surface area contributed by atoms with Gasteiger partial charge in [0.2, 0.25) is 5.91 Å². The molecule has 0 fully saturated rings. The number of Topliss-reactive ketones (excluding diaryl/α,β-unsaturated/α-hetero) is 1. The topological polar surface area (TPSA) is 94.1 Å². The molecule has 3 rings (SSSR count). The summed E-state index contributed by atoms with van der Waals surface area (Å²) >= 11 is 1.25. The van der Waals surface area contributed by atoms with E-state index in [9.17, 15) is 14.4 Å². The molecular formula is C22H22N2O5S. The van der Waals surface area contributed by atoms with Crippen LogP contribution in [-0.2, 0) is 9.59 Å². The average molecular weight is 426 g/mol. The lowest BCUT2D eigenvalue weighted by molar-refractivity contribution is -0.121. The van der Waals surface area contributed by atoms with Crippen LogP contribution in [0.4, 0.5) is 5.69 Å². The van der Waals surface area contributed by atoms with Crippen molar-refractivity contribution >= 4 is 40.1 Å². The van der Waals surface area contributed by atoms with E-state index in [-0.39, 0.29) is 24.0 Å². The minimum Gasteiger partial charge on any atom is -0.493 e. The molecule has 0 radical (unpaired) electrons. The summed E-state index contributed by atoms with van der Waals surface area (Å²) in [5.74, 6) is 0.410. The highest BCUT2D eigenvalue weighted by Crippen LogP contribution is 2.34. The molecule has 0 aromatic heterocycles. The molecule has 1 aliphatic heterocycles. The molecule has 2 aromatic carbocycles. The third-order valence-electron chi connectivity index (χ3n) is 4.38. The van der Waals surface area contributed by atoms with E-state index < -0.39 is 5.25 Å². The number of hydrogen-bond donors (Lipinski definition) is 1. The van der Waals surface area contributed by atoms with Crippen molar-refractivity contribution in [2.45, 2.75) is 25.5 Å². The Morgan fingerprint density at radius 2 is 1.97 bits per heavy atom. The maximum Gasteiger partial charge on any atom is 0.260 e. The molecule has 2 amide bonds. The van der Waals surface area contributed by atoms with Crippen LogP contribution < -0.4 is 14.8 Å². The smallest absolute Gasteiger partial charge is 0.260 e. The molecule has 1 unspecified atom stereocenters. The second kappa shape index (κ2) is 9.58. The van der Waals surface area contributed by atoms with Crippen LogP contribution in [0.15, 0.2) is 47.5 Å². The van der Waals surface area contributed by atoms with E-state index in [2.05, 4.69) is 10.3 Å². The first-order chi connectivity index (χ1) is 14.4. The van der Waals surface area contributed by atoms with Gasteiger partial charge in [0.25, 0.3) is 5.91 Å². The molecule has 2 aromatic rings. The molecule has 30 heavy (non-hydrogen) atoms. The Balaban J connectivity index is 1.65. The maximum atomic E-state index is 12.4. The summed E-state index contributed by atoms with van der Waals surface area (Å²) in [5, 5.41) is 2.67. The highest BCUT2D eigenvalue weighted by Gasteiger charge is 2.31. The zero-order chi connectivity index (χ0) is 21.7. The summed E-state index contributed by atoms with van der Waals surface area (Å²) < 4.78 is 10.9. The number of benzene rings is 2. The Kier molecular flexibility index (Phi) is 6.89. The molecule has 0 bridgehead atoms. The van der Waals surface area contributed by atoms with Gasteiger partial charge in [-0.25, -0.2) is 4.99 Å². The molecule has 1 atom stereocenters. The number of rotatable bonds is 8. The Bertz CT molecular complexity index is 1020. The molecule has 1 aliphatic rings. The highest BCUT2D eigenvalue weighted by atomic mass is 32.2. The zero-order valence-corrected chi connectivity index (χ0v) is 17.7. The number of methoxy groups -OCH3 is 1. The molecule has 0 saturated heterocycles. The third-order valence-corrected chi connectivity index (χ3v) is 5.58. The lowest BCUT2D eigenvalue weighted by Crippen LogP contribution is -2.21.